The van der Waals surface area contributed by atoms with Crippen LogP contribution >= 0.6 is 11.6 Å². The predicted molar refractivity (Wildman–Crippen MR) is 79.0 cm³/mol. The van der Waals surface area contributed by atoms with E-state index in [1.54, 1.807) is 18.3 Å². The molecule has 0 aliphatic carbocycles. The number of hydrogen-bond acceptors (Lipinski definition) is 4. The Labute approximate surface area is 121 Å². The molecule has 20 heavy (non-hydrogen) atoms. The first-order valence-corrected chi connectivity index (χ1v) is 6.60. The standard InChI is InChI=1S/C14H14ClN3O2/c1-2-10-4-3-7-16-13(10)9-17-12-6-5-11(15)8-14(12)18(19)20/h3-8,17H,2,9H2,1H3. The zero-order valence-electron chi connectivity index (χ0n) is 11.0. The predicted octanol–water partition coefficient (Wildman–Crippen LogP) is 3.82. The third kappa shape index (κ3) is 3.24. The van der Waals surface area contributed by atoms with Crippen LogP contribution in [0.3, 0.4) is 0 Å². The minimum absolute atomic E-state index is 0.0357. The Morgan fingerprint density at radius 3 is 2.90 bits per heavy atom. The molecule has 1 heterocycles. The molecule has 0 aliphatic heterocycles. The van der Waals surface area contributed by atoms with E-state index in [2.05, 4.69) is 10.3 Å². The quantitative estimate of drug-likeness (QED) is 0.672. The van der Waals surface area contributed by atoms with Gasteiger partial charge in [0.25, 0.3) is 5.69 Å². The molecule has 5 nitrogen and oxygen atoms in total. The molecule has 1 N–H and O–H groups in total. The summed E-state index contributed by atoms with van der Waals surface area (Å²) < 4.78 is 0. The summed E-state index contributed by atoms with van der Waals surface area (Å²) in [5, 5.41) is 14.4. The van der Waals surface area contributed by atoms with Crippen LogP contribution in [0, 0.1) is 10.1 Å². The average Bonchev–Trinajstić information content (AvgIpc) is 2.46. The lowest BCUT2D eigenvalue weighted by atomic mass is 10.1. The summed E-state index contributed by atoms with van der Waals surface area (Å²) in [5.74, 6) is 0. The van der Waals surface area contributed by atoms with Crippen molar-refractivity contribution in [3.63, 3.8) is 0 Å². The highest BCUT2D eigenvalue weighted by molar-refractivity contribution is 6.30. The summed E-state index contributed by atoms with van der Waals surface area (Å²) in [7, 11) is 0. The molecular formula is C14H14ClN3O2. The number of nitrogens with one attached hydrogen (secondary N) is 1. The molecule has 0 spiro atoms. The second kappa shape index (κ2) is 6.34. The molecule has 2 rings (SSSR count). The van der Waals surface area contributed by atoms with Crippen molar-refractivity contribution in [1.29, 1.82) is 0 Å². The minimum Gasteiger partial charge on any atom is -0.374 e. The highest BCUT2D eigenvalue weighted by Gasteiger charge is 2.14. The van der Waals surface area contributed by atoms with E-state index in [-0.39, 0.29) is 5.69 Å². The van der Waals surface area contributed by atoms with Gasteiger partial charge in [-0.25, -0.2) is 0 Å². The first-order valence-electron chi connectivity index (χ1n) is 6.22. The number of aryl methyl sites for hydroxylation is 1. The number of rotatable bonds is 5. The number of benzene rings is 1. The zero-order chi connectivity index (χ0) is 14.5. The highest BCUT2D eigenvalue weighted by atomic mass is 35.5. The number of nitrogens with zero attached hydrogens (tertiary/aromatic N) is 2. The topological polar surface area (TPSA) is 68.1 Å². The van der Waals surface area contributed by atoms with Crippen LogP contribution in [0.1, 0.15) is 18.2 Å². The largest absolute Gasteiger partial charge is 0.374 e. The molecule has 2 aromatic rings. The maximum Gasteiger partial charge on any atom is 0.293 e. The number of nitro benzene ring substituents is 1. The molecule has 6 heteroatoms. The van der Waals surface area contributed by atoms with Gasteiger partial charge in [0.1, 0.15) is 5.69 Å². The lowest BCUT2D eigenvalue weighted by molar-refractivity contribution is -0.383. The molecule has 0 unspecified atom stereocenters. The summed E-state index contributed by atoms with van der Waals surface area (Å²) in [5.41, 5.74) is 2.41. The number of nitro groups is 1. The van der Waals surface area contributed by atoms with Crippen LogP contribution in [0.4, 0.5) is 11.4 Å². The second-order valence-electron chi connectivity index (χ2n) is 4.23. The lowest BCUT2D eigenvalue weighted by Gasteiger charge is -2.09. The van der Waals surface area contributed by atoms with Crippen LogP contribution < -0.4 is 5.32 Å². The van der Waals surface area contributed by atoms with Gasteiger partial charge in [0.2, 0.25) is 0 Å². The maximum absolute atomic E-state index is 11.0. The van der Waals surface area contributed by atoms with E-state index in [4.69, 9.17) is 11.6 Å². The van der Waals surface area contributed by atoms with Crippen molar-refractivity contribution in [2.24, 2.45) is 0 Å². The van der Waals surface area contributed by atoms with E-state index in [1.165, 1.54) is 6.07 Å². The molecule has 104 valence electrons. The summed E-state index contributed by atoms with van der Waals surface area (Å²) >= 11 is 5.78. The van der Waals surface area contributed by atoms with Gasteiger partial charge in [0.05, 0.1) is 17.2 Å². The van der Waals surface area contributed by atoms with Crippen molar-refractivity contribution in [3.8, 4) is 0 Å². The van der Waals surface area contributed by atoms with Gasteiger partial charge in [-0.3, -0.25) is 15.1 Å². The summed E-state index contributed by atoms with van der Waals surface area (Å²) in [6, 6.07) is 8.45. The first-order chi connectivity index (χ1) is 9.61. The van der Waals surface area contributed by atoms with Crippen molar-refractivity contribution in [3.05, 3.63) is 62.9 Å². The molecule has 0 atom stereocenters. The van der Waals surface area contributed by atoms with E-state index in [1.807, 2.05) is 19.1 Å². The van der Waals surface area contributed by atoms with Crippen LogP contribution in [0.5, 0.6) is 0 Å². The van der Waals surface area contributed by atoms with E-state index in [9.17, 15) is 10.1 Å². The number of pyridine rings is 1. The number of halogens is 1. The summed E-state index contributed by atoms with van der Waals surface area (Å²) in [6.07, 6.45) is 2.58. The van der Waals surface area contributed by atoms with Gasteiger partial charge in [0, 0.05) is 17.3 Å². The Balaban J connectivity index is 2.21. The fraction of sp³-hybridized carbons (Fsp3) is 0.214. The Kier molecular flexibility index (Phi) is 4.53. The minimum atomic E-state index is -0.451. The van der Waals surface area contributed by atoms with Gasteiger partial charge in [0.15, 0.2) is 0 Å². The van der Waals surface area contributed by atoms with Gasteiger partial charge >= 0.3 is 0 Å². The third-order valence-corrected chi connectivity index (χ3v) is 3.20. The lowest BCUT2D eigenvalue weighted by Crippen LogP contribution is -2.06. The SMILES string of the molecule is CCc1cccnc1CNc1ccc(Cl)cc1[N+](=O)[O-]. The van der Waals surface area contributed by atoms with Crippen LogP contribution in [0.15, 0.2) is 36.5 Å². The monoisotopic (exact) mass is 291 g/mol. The van der Waals surface area contributed by atoms with Crippen molar-refractivity contribution in [2.75, 3.05) is 5.32 Å². The molecule has 0 radical (unpaired) electrons. The third-order valence-electron chi connectivity index (χ3n) is 2.97. The van der Waals surface area contributed by atoms with Crippen LogP contribution in [0.25, 0.3) is 0 Å². The van der Waals surface area contributed by atoms with Crippen molar-refractivity contribution < 1.29 is 4.92 Å². The molecule has 0 saturated heterocycles. The molecule has 0 saturated carbocycles. The normalized spacial score (nSPS) is 10.3. The van der Waals surface area contributed by atoms with Crippen LogP contribution in [-0.4, -0.2) is 9.91 Å². The highest BCUT2D eigenvalue weighted by Crippen LogP contribution is 2.28. The Morgan fingerprint density at radius 1 is 1.40 bits per heavy atom. The Morgan fingerprint density at radius 2 is 2.20 bits per heavy atom. The van der Waals surface area contributed by atoms with Gasteiger partial charge in [-0.05, 0) is 30.2 Å². The second-order valence-corrected chi connectivity index (χ2v) is 4.67. The smallest absolute Gasteiger partial charge is 0.293 e. The van der Waals surface area contributed by atoms with Gasteiger partial charge < -0.3 is 5.32 Å². The molecular weight excluding hydrogens is 278 g/mol. The number of anilines is 1. The van der Waals surface area contributed by atoms with E-state index >= 15 is 0 Å². The van der Waals surface area contributed by atoms with Crippen molar-refractivity contribution in [1.82, 2.24) is 4.98 Å². The van der Waals surface area contributed by atoms with Crippen molar-refractivity contribution in [2.45, 2.75) is 19.9 Å². The van der Waals surface area contributed by atoms with Crippen LogP contribution in [-0.2, 0) is 13.0 Å². The fourth-order valence-electron chi connectivity index (χ4n) is 1.94. The zero-order valence-corrected chi connectivity index (χ0v) is 11.7. The van der Waals surface area contributed by atoms with Crippen LogP contribution in [0.2, 0.25) is 5.02 Å². The Bertz CT molecular complexity index is 632. The average molecular weight is 292 g/mol. The molecule has 0 bridgehead atoms. The van der Waals surface area contributed by atoms with E-state index in [0.29, 0.717) is 17.3 Å². The Hall–Kier alpha value is -2.14. The molecule has 1 aromatic heterocycles. The molecule has 1 aromatic carbocycles. The van der Waals surface area contributed by atoms with Gasteiger partial charge in [-0.1, -0.05) is 24.6 Å². The fourth-order valence-corrected chi connectivity index (χ4v) is 2.10. The van der Waals surface area contributed by atoms with E-state index < -0.39 is 4.92 Å². The summed E-state index contributed by atoms with van der Waals surface area (Å²) in [6.45, 7) is 2.48. The van der Waals surface area contributed by atoms with E-state index in [0.717, 1.165) is 17.7 Å². The first kappa shape index (κ1) is 14.3. The molecule has 0 aliphatic rings. The van der Waals surface area contributed by atoms with Gasteiger partial charge in [-0.2, -0.15) is 0 Å². The summed E-state index contributed by atoms with van der Waals surface area (Å²) in [4.78, 5) is 14.8. The molecule has 0 fully saturated rings. The van der Waals surface area contributed by atoms with Crippen molar-refractivity contribution >= 4 is 23.0 Å². The van der Waals surface area contributed by atoms with Gasteiger partial charge in [-0.15, -0.1) is 0 Å². The number of aromatic nitrogens is 1. The maximum atomic E-state index is 11.0. The number of hydrogen-bond donors (Lipinski definition) is 1. The molecule has 0 amide bonds.